The highest BCUT2D eigenvalue weighted by atomic mass is 32.2. The number of benzene rings is 1. The van der Waals surface area contributed by atoms with Crippen LogP contribution in [-0.4, -0.2) is 28.3 Å². The maximum atomic E-state index is 13.5. The zero-order valence-electron chi connectivity index (χ0n) is 17.1. The van der Waals surface area contributed by atoms with Crippen LogP contribution in [0.4, 0.5) is 10.2 Å². The molecule has 0 radical (unpaired) electrons. The van der Waals surface area contributed by atoms with Gasteiger partial charge in [0.15, 0.2) is 5.16 Å². The van der Waals surface area contributed by atoms with E-state index in [-0.39, 0.29) is 17.7 Å². The van der Waals surface area contributed by atoms with E-state index in [4.69, 9.17) is 4.74 Å². The smallest absolute Gasteiger partial charge is 0.337 e. The lowest BCUT2D eigenvalue weighted by atomic mass is 9.82. The minimum Gasteiger partial charge on any atom is -0.458 e. The van der Waals surface area contributed by atoms with Gasteiger partial charge in [-0.15, -0.1) is 0 Å². The van der Waals surface area contributed by atoms with Gasteiger partial charge in [-0.1, -0.05) is 50.4 Å². The zero-order valence-corrected chi connectivity index (χ0v) is 17.9. The molecule has 1 aliphatic heterocycles. The molecule has 158 valence electrons. The highest BCUT2D eigenvalue weighted by molar-refractivity contribution is 7.99. The van der Waals surface area contributed by atoms with Crippen LogP contribution in [0.3, 0.4) is 0 Å². The number of hydrogen-bond acceptors (Lipinski definition) is 6. The fourth-order valence-electron chi connectivity index (χ4n) is 3.22. The molecule has 2 N–H and O–H groups in total. The van der Waals surface area contributed by atoms with E-state index in [2.05, 4.69) is 35.7 Å². The third kappa shape index (κ3) is 4.64. The molecule has 1 aliphatic rings. The molecule has 3 rings (SSSR count). The van der Waals surface area contributed by atoms with Crippen molar-refractivity contribution in [3.8, 4) is 0 Å². The summed E-state index contributed by atoms with van der Waals surface area (Å²) in [6.45, 7) is 9.49. The number of aromatic amines is 1. The van der Waals surface area contributed by atoms with Gasteiger partial charge in [-0.2, -0.15) is 0 Å². The van der Waals surface area contributed by atoms with Crippen molar-refractivity contribution in [1.29, 1.82) is 0 Å². The SMILES string of the molecule is C=CCOC(=O)C1=C(C)Nc2nc(SCC(C)C)[nH]c(=O)c2[C@H]1c1ccc(F)cc1. The maximum Gasteiger partial charge on any atom is 0.337 e. The Labute approximate surface area is 178 Å². The Morgan fingerprint density at radius 2 is 2.07 bits per heavy atom. The fraction of sp³-hybridized carbons (Fsp3) is 0.318. The van der Waals surface area contributed by atoms with Gasteiger partial charge in [-0.25, -0.2) is 14.2 Å². The van der Waals surface area contributed by atoms with Crippen molar-refractivity contribution in [2.24, 2.45) is 5.92 Å². The van der Waals surface area contributed by atoms with Crippen LogP contribution in [0.1, 0.15) is 37.8 Å². The van der Waals surface area contributed by atoms with Crippen LogP contribution in [-0.2, 0) is 9.53 Å². The molecule has 2 aromatic rings. The molecule has 0 aliphatic carbocycles. The van der Waals surface area contributed by atoms with Crippen LogP contribution in [0.25, 0.3) is 0 Å². The van der Waals surface area contributed by atoms with Gasteiger partial charge in [-0.3, -0.25) is 4.79 Å². The molecule has 0 spiro atoms. The molecule has 8 heteroatoms. The number of carbonyl (C=O) groups is 1. The summed E-state index contributed by atoms with van der Waals surface area (Å²) in [6.07, 6.45) is 1.47. The van der Waals surface area contributed by atoms with Gasteiger partial charge in [0.2, 0.25) is 0 Å². The largest absolute Gasteiger partial charge is 0.458 e. The number of nitrogens with zero attached hydrogens (tertiary/aromatic N) is 1. The van der Waals surface area contributed by atoms with Crippen LogP contribution in [0.5, 0.6) is 0 Å². The van der Waals surface area contributed by atoms with Crippen molar-refractivity contribution < 1.29 is 13.9 Å². The van der Waals surface area contributed by atoms with Crippen LogP contribution < -0.4 is 10.9 Å². The molecule has 0 unspecified atom stereocenters. The number of ether oxygens (including phenoxy) is 1. The summed E-state index contributed by atoms with van der Waals surface area (Å²) in [6, 6.07) is 5.72. The third-order valence-electron chi connectivity index (χ3n) is 4.53. The number of aromatic nitrogens is 2. The lowest BCUT2D eigenvalue weighted by Gasteiger charge is -2.28. The van der Waals surface area contributed by atoms with Gasteiger partial charge < -0.3 is 15.0 Å². The second kappa shape index (κ2) is 9.30. The van der Waals surface area contributed by atoms with E-state index in [1.165, 1.54) is 30.0 Å². The molecule has 30 heavy (non-hydrogen) atoms. The molecule has 1 aromatic heterocycles. The number of fused-ring (bicyclic) bond motifs is 1. The van der Waals surface area contributed by atoms with E-state index in [0.29, 0.717) is 33.7 Å². The topological polar surface area (TPSA) is 84.1 Å². The average Bonchev–Trinajstić information content (AvgIpc) is 2.70. The molecular weight excluding hydrogens is 405 g/mol. The number of H-pyrrole nitrogens is 1. The van der Waals surface area contributed by atoms with E-state index < -0.39 is 17.7 Å². The first-order valence-corrected chi connectivity index (χ1v) is 10.6. The van der Waals surface area contributed by atoms with E-state index in [9.17, 15) is 14.0 Å². The number of halogens is 1. The normalized spacial score (nSPS) is 15.6. The van der Waals surface area contributed by atoms with Crippen LogP contribution in [0.2, 0.25) is 0 Å². The second-order valence-corrected chi connectivity index (χ2v) is 8.38. The first-order chi connectivity index (χ1) is 14.3. The Hall–Kier alpha value is -2.87. The molecule has 0 bridgehead atoms. The number of anilines is 1. The van der Waals surface area contributed by atoms with Gasteiger partial charge in [0, 0.05) is 11.4 Å². The van der Waals surface area contributed by atoms with Gasteiger partial charge in [0.25, 0.3) is 5.56 Å². The predicted molar refractivity (Wildman–Crippen MR) is 116 cm³/mol. The van der Waals surface area contributed by atoms with Gasteiger partial charge in [0.05, 0.1) is 17.1 Å². The minimum absolute atomic E-state index is 0.0397. The summed E-state index contributed by atoms with van der Waals surface area (Å²) < 4.78 is 18.8. The van der Waals surface area contributed by atoms with Crippen LogP contribution in [0, 0.1) is 11.7 Å². The summed E-state index contributed by atoms with van der Waals surface area (Å²) in [4.78, 5) is 33.2. The number of allylic oxidation sites excluding steroid dienone is 1. The van der Waals surface area contributed by atoms with E-state index in [1.54, 1.807) is 19.1 Å². The Bertz CT molecular complexity index is 1040. The summed E-state index contributed by atoms with van der Waals surface area (Å²) in [5.41, 5.74) is 1.36. The number of esters is 1. The maximum absolute atomic E-state index is 13.5. The lowest BCUT2D eigenvalue weighted by Crippen LogP contribution is -2.31. The molecule has 0 amide bonds. The number of carbonyl (C=O) groups excluding carboxylic acids is 1. The third-order valence-corrected chi connectivity index (χ3v) is 5.83. The van der Waals surface area contributed by atoms with Crippen molar-refractivity contribution in [3.05, 3.63) is 75.5 Å². The summed E-state index contributed by atoms with van der Waals surface area (Å²) in [7, 11) is 0. The fourth-order valence-corrected chi connectivity index (χ4v) is 4.03. The zero-order chi connectivity index (χ0) is 21.8. The number of nitrogens with one attached hydrogen (secondary N) is 2. The average molecular weight is 430 g/mol. The van der Waals surface area contributed by atoms with Gasteiger partial charge >= 0.3 is 5.97 Å². The Morgan fingerprint density at radius 3 is 2.70 bits per heavy atom. The minimum atomic E-state index is -0.737. The van der Waals surface area contributed by atoms with Crippen molar-refractivity contribution in [2.45, 2.75) is 31.8 Å². The van der Waals surface area contributed by atoms with Gasteiger partial charge in [0.1, 0.15) is 18.2 Å². The first kappa shape index (κ1) is 21.8. The highest BCUT2D eigenvalue weighted by Crippen LogP contribution is 2.40. The molecule has 1 aromatic carbocycles. The molecular formula is C22H24FN3O3S. The second-order valence-electron chi connectivity index (χ2n) is 7.37. The van der Waals surface area contributed by atoms with Crippen molar-refractivity contribution in [3.63, 3.8) is 0 Å². The van der Waals surface area contributed by atoms with Crippen LogP contribution in [0.15, 0.2) is 58.1 Å². The number of thioether (sulfide) groups is 1. The van der Waals surface area contributed by atoms with E-state index >= 15 is 0 Å². The molecule has 2 heterocycles. The quantitative estimate of drug-likeness (QED) is 0.297. The molecule has 0 fully saturated rings. The van der Waals surface area contributed by atoms with E-state index in [1.807, 2.05) is 0 Å². The Kier molecular flexibility index (Phi) is 6.77. The van der Waals surface area contributed by atoms with Crippen LogP contribution >= 0.6 is 11.8 Å². The summed E-state index contributed by atoms with van der Waals surface area (Å²) in [5, 5.41) is 3.58. The standard InChI is InChI=1S/C22H24FN3O3S/c1-5-10-29-21(28)16-13(4)24-19-18(17(16)14-6-8-15(23)9-7-14)20(27)26-22(25-19)30-11-12(2)3/h5-9,12,17H,1,10-11H2,2-4H3,(H2,24,25,26,27)/t17-/m0/s1. The first-order valence-electron chi connectivity index (χ1n) is 9.60. The predicted octanol–water partition coefficient (Wildman–Crippen LogP) is 4.22. The Balaban J connectivity index is 2.13. The van der Waals surface area contributed by atoms with E-state index in [0.717, 1.165) is 5.75 Å². The van der Waals surface area contributed by atoms with Crippen molar-refractivity contribution in [2.75, 3.05) is 17.7 Å². The molecule has 0 saturated heterocycles. The van der Waals surface area contributed by atoms with Crippen molar-refractivity contribution in [1.82, 2.24) is 9.97 Å². The van der Waals surface area contributed by atoms with Crippen molar-refractivity contribution >= 4 is 23.5 Å². The van der Waals surface area contributed by atoms with Gasteiger partial charge in [-0.05, 0) is 30.5 Å². The highest BCUT2D eigenvalue weighted by Gasteiger charge is 2.36. The molecule has 6 nitrogen and oxygen atoms in total. The summed E-state index contributed by atoms with van der Waals surface area (Å²) >= 11 is 1.46. The summed E-state index contributed by atoms with van der Waals surface area (Å²) in [5.74, 6) is -0.0907. The Morgan fingerprint density at radius 1 is 1.37 bits per heavy atom. The molecule has 1 atom stereocenters. The number of hydrogen-bond donors (Lipinski definition) is 2. The monoisotopic (exact) mass is 429 g/mol. The molecule has 0 saturated carbocycles. The lowest BCUT2D eigenvalue weighted by molar-refractivity contribution is -0.138. The number of rotatable bonds is 7.